The second-order valence-electron chi connectivity index (χ2n) is 5.11. The normalized spacial score (nSPS) is 20.8. The molecule has 1 aliphatic carbocycles. The van der Waals surface area contributed by atoms with Crippen LogP contribution in [0.3, 0.4) is 0 Å². The SMILES string of the molecule is C=CCOc1ccccc1C(=O)N[C@H]1CC[C@@H](C(=O)O)C1. The smallest absolute Gasteiger partial charge is 0.306 e. The van der Waals surface area contributed by atoms with E-state index in [4.69, 9.17) is 9.84 Å². The van der Waals surface area contributed by atoms with Crippen LogP contribution in [0.1, 0.15) is 29.6 Å². The van der Waals surface area contributed by atoms with Crippen molar-refractivity contribution in [2.75, 3.05) is 6.61 Å². The van der Waals surface area contributed by atoms with E-state index in [1.165, 1.54) is 0 Å². The molecule has 1 saturated carbocycles. The lowest BCUT2D eigenvalue weighted by atomic mass is 10.1. The Hall–Kier alpha value is -2.30. The van der Waals surface area contributed by atoms with Gasteiger partial charge in [0.2, 0.25) is 0 Å². The summed E-state index contributed by atoms with van der Waals surface area (Å²) >= 11 is 0. The Kier molecular flexibility index (Phi) is 4.98. The highest BCUT2D eigenvalue weighted by molar-refractivity contribution is 5.97. The summed E-state index contributed by atoms with van der Waals surface area (Å²) in [5, 5.41) is 11.9. The number of carbonyl (C=O) groups is 2. The van der Waals surface area contributed by atoms with Crippen LogP contribution in [0.4, 0.5) is 0 Å². The number of carboxylic acid groups (broad SMARTS) is 1. The monoisotopic (exact) mass is 289 g/mol. The van der Waals surface area contributed by atoms with Crippen LogP contribution < -0.4 is 10.1 Å². The molecule has 0 saturated heterocycles. The fourth-order valence-electron chi connectivity index (χ4n) is 2.53. The molecule has 1 aromatic rings. The molecule has 0 spiro atoms. The van der Waals surface area contributed by atoms with Crippen LogP contribution in [0.2, 0.25) is 0 Å². The maximum Gasteiger partial charge on any atom is 0.306 e. The highest BCUT2D eigenvalue weighted by atomic mass is 16.5. The minimum absolute atomic E-state index is 0.0916. The number of hydrogen-bond donors (Lipinski definition) is 2. The van der Waals surface area contributed by atoms with Gasteiger partial charge in [0.1, 0.15) is 12.4 Å². The van der Waals surface area contributed by atoms with Crippen molar-refractivity contribution < 1.29 is 19.4 Å². The van der Waals surface area contributed by atoms with Crippen molar-refractivity contribution in [1.29, 1.82) is 0 Å². The van der Waals surface area contributed by atoms with Gasteiger partial charge in [-0.2, -0.15) is 0 Å². The van der Waals surface area contributed by atoms with E-state index in [1.54, 1.807) is 30.3 Å². The average Bonchev–Trinajstić information content (AvgIpc) is 2.94. The van der Waals surface area contributed by atoms with E-state index in [2.05, 4.69) is 11.9 Å². The average molecular weight is 289 g/mol. The number of rotatable bonds is 6. The van der Waals surface area contributed by atoms with E-state index in [0.29, 0.717) is 37.2 Å². The topological polar surface area (TPSA) is 75.6 Å². The van der Waals surface area contributed by atoms with Crippen molar-refractivity contribution in [1.82, 2.24) is 5.32 Å². The molecule has 112 valence electrons. The maximum absolute atomic E-state index is 12.3. The van der Waals surface area contributed by atoms with Gasteiger partial charge in [-0.15, -0.1) is 0 Å². The predicted molar refractivity (Wildman–Crippen MR) is 78.4 cm³/mol. The molecule has 0 heterocycles. The first-order valence-corrected chi connectivity index (χ1v) is 6.98. The number of ether oxygens (including phenoxy) is 1. The number of benzene rings is 1. The van der Waals surface area contributed by atoms with Crippen molar-refractivity contribution in [2.24, 2.45) is 5.92 Å². The Balaban J connectivity index is 2.00. The predicted octanol–water partition coefficient (Wildman–Crippen LogP) is 2.23. The second kappa shape index (κ2) is 6.92. The number of aliphatic carboxylic acids is 1. The van der Waals surface area contributed by atoms with Gasteiger partial charge in [0.15, 0.2) is 0 Å². The molecular formula is C16H19NO4. The highest BCUT2D eigenvalue weighted by Crippen LogP contribution is 2.26. The molecule has 5 nitrogen and oxygen atoms in total. The van der Waals surface area contributed by atoms with Gasteiger partial charge in [-0.3, -0.25) is 9.59 Å². The fraction of sp³-hybridized carbons (Fsp3) is 0.375. The summed E-state index contributed by atoms with van der Waals surface area (Å²) in [7, 11) is 0. The second-order valence-corrected chi connectivity index (χ2v) is 5.11. The van der Waals surface area contributed by atoms with Gasteiger partial charge in [0.05, 0.1) is 11.5 Å². The van der Waals surface area contributed by atoms with Crippen molar-refractivity contribution in [3.05, 3.63) is 42.5 Å². The van der Waals surface area contributed by atoms with Crippen LogP contribution in [0.25, 0.3) is 0 Å². The van der Waals surface area contributed by atoms with Crippen molar-refractivity contribution in [3.8, 4) is 5.75 Å². The molecule has 2 atom stereocenters. The summed E-state index contributed by atoms with van der Waals surface area (Å²) in [4.78, 5) is 23.2. The molecule has 0 aliphatic heterocycles. The summed E-state index contributed by atoms with van der Waals surface area (Å²) in [5.41, 5.74) is 0.457. The number of carboxylic acids is 1. The molecule has 0 bridgehead atoms. The van der Waals surface area contributed by atoms with Crippen LogP contribution in [0.15, 0.2) is 36.9 Å². The third kappa shape index (κ3) is 3.84. The fourth-order valence-corrected chi connectivity index (χ4v) is 2.53. The Morgan fingerprint density at radius 3 is 2.81 bits per heavy atom. The lowest BCUT2D eigenvalue weighted by Crippen LogP contribution is -2.33. The third-order valence-corrected chi connectivity index (χ3v) is 3.61. The molecule has 0 radical (unpaired) electrons. The molecule has 2 rings (SSSR count). The molecule has 0 aromatic heterocycles. The first-order chi connectivity index (χ1) is 10.1. The van der Waals surface area contributed by atoms with E-state index in [0.717, 1.165) is 0 Å². The molecule has 1 fully saturated rings. The summed E-state index contributed by atoms with van der Waals surface area (Å²) in [5.74, 6) is -0.877. The number of amides is 1. The molecular weight excluding hydrogens is 270 g/mol. The van der Waals surface area contributed by atoms with Gasteiger partial charge < -0.3 is 15.2 Å². The maximum atomic E-state index is 12.3. The van der Waals surface area contributed by atoms with Crippen molar-refractivity contribution in [2.45, 2.75) is 25.3 Å². The zero-order valence-electron chi connectivity index (χ0n) is 11.7. The van der Waals surface area contributed by atoms with E-state index >= 15 is 0 Å². The lowest BCUT2D eigenvalue weighted by Gasteiger charge is -2.14. The summed E-state index contributed by atoms with van der Waals surface area (Å²) in [6, 6.07) is 6.89. The number of carbonyl (C=O) groups excluding carboxylic acids is 1. The van der Waals surface area contributed by atoms with E-state index in [9.17, 15) is 9.59 Å². The van der Waals surface area contributed by atoms with Gasteiger partial charge >= 0.3 is 5.97 Å². The van der Waals surface area contributed by atoms with Gasteiger partial charge in [-0.25, -0.2) is 0 Å². The molecule has 5 heteroatoms. The zero-order valence-corrected chi connectivity index (χ0v) is 11.7. The van der Waals surface area contributed by atoms with Crippen LogP contribution in [0, 0.1) is 5.92 Å². The minimum atomic E-state index is -0.790. The van der Waals surface area contributed by atoms with Gasteiger partial charge in [-0.05, 0) is 31.4 Å². The highest BCUT2D eigenvalue weighted by Gasteiger charge is 2.31. The molecule has 2 N–H and O–H groups in total. The lowest BCUT2D eigenvalue weighted by molar-refractivity contribution is -0.141. The Labute approximate surface area is 123 Å². The first-order valence-electron chi connectivity index (χ1n) is 6.98. The summed E-state index contributed by atoms with van der Waals surface area (Å²) in [6.45, 7) is 3.91. The summed E-state index contributed by atoms with van der Waals surface area (Å²) < 4.78 is 5.46. The molecule has 1 aromatic carbocycles. The van der Waals surface area contributed by atoms with Crippen LogP contribution in [0.5, 0.6) is 5.75 Å². The van der Waals surface area contributed by atoms with E-state index in [1.807, 2.05) is 0 Å². The third-order valence-electron chi connectivity index (χ3n) is 3.61. The molecule has 0 unspecified atom stereocenters. The standard InChI is InChI=1S/C16H19NO4/c1-2-9-21-14-6-4-3-5-13(14)15(18)17-12-8-7-11(10-12)16(19)20/h2-6,11-12H,1,7-10H2,(H,17,18)(H,19,20)/t11-,12+/m1/s1. The van der Waals surface area contributed by atoms with Gasteiger partial charge in [-0.1, -0.05) is 24.8 Å². The molecule has 1 amide bonds. The molecule has 1 aliphatic rings. The van der Waals surface area contributed by atoms with Crippen molar-refractivity contribution >= 4 is 11.9 Å². The van der Waals surface area contributed by atoms with Crippen LogP contribution in [-0.2, 0) is 4.79 Å². The first kappa shape index (κ1) is 15.1. The Bertz CT molecular complexity index is 541. The Morgan fingerprint density at radius 1 is 1.38 bits per heavy atom. The number of hydrogen-bond acceptors (Lipinski definition) is 3. The minimum Gasteiger partial charge on any atom is -0.489 e. The Morgan fingerprint density at radius 2 is 2.14 bits per heavy atom. The van der Waals surface area contributed by atoms with E-state index < -0.39 is 5.97 Å². The van der Waals surface area contributed by atoms with Crippen LogP contribution >= 0.6 is 0 Å². The number of para-hydroxylation sites is 1. The quantitative estimate of drug-likeness (QED) is 0.787. The molecule has 21 heavy (non-hydrogen) atoms. The largest absolute Gasteiger partial charge is 0.489 e. The van der Waals surface area contributed by atoms with Gasteiger partial charge in [0, 0.05) is 6.04 Å². The zero-order chi connectivity index (χ0) is 15.2. The van der Waals surface area contributed by atoms with E-state index in [-0.39, 0.29) is 17.9 Å². The van der Waals surface area contributed by atoms with Crippen molar-refractivity contribution in [3.63, 3.8) is 0 Å². The van der Waals surface area contributed by atoms with Crippen LogP contribution in [-0.4, -0.2) is 29.6 Å². The number of nitrogens with one attached hydrogen (secondary N) is 1. The summed E-state index contributed by atoms with van der Waals surface area (Å²) in [6.07, 6.45) is 3.40. The van der Waals surface area contributed by atoms with Gasteiger partial charge in [0.25, 0.3) is 5.91 Å².